The lowest BCUT2D eigenvalue weighted by atomic mass is 10.0. The van der Waals surface area contributed by atoms with Crippen molar-refractivity contribution in [3.63, 3.8) is 0 Å². The van der Waals surface area contributed by atoms with Crippen molar-refractivity contribution in [2.75, 3.05) is 0 Å². The lowest BCUT2D eigenvalue weighted by molar-refractivity contribution is 1.14. The third-order valence-electron chi connectivity index (χ3n) is 3.53. The fourth-order valence-corrected chi connectivity index (χ4v) is 3.31. The van der Waals surface area contributed by atoms with Crippen LogP contribution in [0.15, 0.2) is 88.7 Å². The molecule has 0 nitrogen and oxygen atoms in total. The highest BCUT2D eigenvalue weighted by molar-refractivity contribution is 7.99. The van der Waals surface area contributed by atoms with Crippen LogP contribution in [0, 0.1) is 6.92 Å². The summed E-state index contributed by atoms with van der Waals surface area (Å²) in [7, 11) is 0. The summed E-state index contributed by atoms with van der Waals surface area (Å²) in [5.74, 6) is 0. The molecular formula is C21H22S. The fourth-order valence-electron chi connectivity index (χ4n) is 2.37. The Morgan fingerprint density at radius 2 is 1.36 bits per heavy atom. The van der Waals surface area contributed by atoms with E-state index in [1.54, 1.807) is 0 Å². The van der Waals surface area contributed by atoms with E-state index >= 15 is 0 Å². The van der Waals surface area contributed by atoms with E-state index in [0.29, 0.717) is 0 Å². The van der Waals surface area contributed by atoms with E-state index in [0.717, 1.165) is 6.42 Å². The van der Waals surface area contributed by atoms with Crippen LogP contribution in [0.5, 0.6) is 0 Å². The van der Waals surface area contributed by atoms with Gasteiger partial charge in [-0.3, -0.25) is 0 Å². The van der Waals surface area contributed by atoms with Crippen molar-refractivity contribution in [1.82, 2.24) is 0 Å². The monoisotopic (exact) mass is 306 g/mol. The molecule has 0 amide bonds. The molecule has 0 aromatic heterocycles. The number of hydrogen-bond donors (Lipinski definition) is 0. The second-order valence-corrected chi connectivity index (χ2v) is 6.31. The molecule has 0 saturated heterocycles. The minimum absolute atomic E-state index is 0. The van der Waals surface area contributed by atoms with Crippen molar-refractivity contribution in [3.05, 3.63) is 95.6 Å². The summed E-state index contributed by atoms with van der Waals surface area (Å²) in [5, 5.41) is 0. The molecule has 112 valence electrons. The van der Waals surface area contributed by atoms with E-state index < -0.39 is 0 Å². The van der Waals surface area contributed by atoms with Crippen molar-refractivity contribution in [1.29, 1.82) is 0 Å². The van der Waals surface area contributed by atoms with Crippen molar-refractivity contribution in [2.24, 2.45) is 0 Å². The molecule has 0 aliphatic heterocycles. The topological polar surface area (TPSA) is 0 Å². The highest BCUT2D eigenvalue weighted by Gasteiger charge is 2.03. The molecule has 0 atom stereocenters. The lowest BCUT2D eigenvalue weighted by Gasteiger charge is -2.09. The zero-order valence-electron chi connectivity index (χ0n) is 12.1. The van der Waals surface area contributed by atoms with Crippen LogP contribution >= 0.6 is 11.8 Å². The average Bonchev–Trinajstić information content (AvgIpc) is 2.52. The number of aryl methyl sites for hydroxylation is 1. The summed E-state index contributed by atoms with van der Waals surface area (Å²) < 4.78 is 0. The summed E-state index contributed by atoms with van der Waals surface area (Å²) >= 11 is 1.82. The first kappa shape index (κ1) is 16.4. The summed E-state index contributed by atoms with van der Waals surface area (Å²) in [6.45, 7) is 2.20. The van der Waals surface area contributed by atoms with Gasteiger partial charge in [-0.25, -0.2) is 0 Å². The van der Waals surface area contributed by atoms with Gasteiger partial charge < -0.3 is 0 Å². The molecule has 22 heavy (non-hydrogen) atoms. The smallest absolute Gasteiger partial charge is 0.0125 e. The van der Waals surface area contributed by atoms with Crippen molar-refractivity contribution in [2.45, 2.75) is 30.6 Å². The first-order valence-electron chi connectivity index (χ1n) is 7.17. The van der Waals surface area contributed by atoms with Gasteiger partial charge in [0.25, 0.3) is 0 Å². The molecule has 0 fully saturated rings. The maximum absolute atomic E-state index is 2.29. The van der Waals surface area contributed by atoms with Crippen LogP contribution in [-0.2, 0) is 6.42 Å². The summed E-state index contributed by atoms with van der Waals surface area (Å²) in [6.07, 6.45) is 1.00. The van der Waals surface area contributed by atoms with Crippen LogP contribution in [0.25, 0.3) is 0 Å². The predicted molar refractivity (Wildman–Crippen MR) is 97.7 cm³/mol. The van der Waals surface area contributed by atoms with Gasteiger partial charge in [0.2, 0.25) is 0 Å². The normalized spacial score (nSPS) is 10.0. The summed E-state index contributed by atoms with van der Waals surface area (Å²) in [5.41, 5.74) is 4.13. The molecule has 0 N–H and O–H groups in total. The molecule has 1 heteroatoms. The van der Waals surface area contributed by atoms with Gasteiger partial charge in [0.15, 0.2) is 0 Å². The Morgan fingerprint density at radius 1 is 0.727 bits per heavy atom. The molecular weight excluding hydrogens is 284 g/mol. The maximum Gasteiger partial charge on any atom is 0.0125 e. The van der Waals surface area contributed by atoms with Crippen molar-refractivity contribution >= 4 is 11.8 Å². The zero-order chi connectivity index (χ0) is 14.5. The molecule has 0 heterocycles. The minimum atomic E-state index is 0. The molecule has 3 rings (SSSR count). The Kier molecular flexibility index (Phi) is 5.85. The molecule has 3 aromatic rings. The molecule has 0 radical (unpaired) electrons. The molecule has 3 aromatic carbocycles. The molecule has 0 aliphatic rings. The average molecular weight is 306 g/mol. The number of benzene rings is 3. The molecule has 0 unspecified atom stereocenters. The van der Waals surface area contributed by atoms with Crippen LogP contribution in [0.2, 0.25) is 0 Å². The molecule has 0 spiro atoms. The molecule has 0 aliphatic carbocycles. The third-order valence-corrected chi connectivity index (χ3v) is 4.53. The van der Waals surface area contributed by atoms with E-state index in [-0.39, 0.29) is 7.43 Å². The maximum atomic E-state index is 2.29. The van der Waals surface area contributed by atoms with Gasteiger partial charge >= 0.3 is 0 Å². The zero-order valence-corrected chi connectivity index (χ0v) is 12.9. The van der Waals surface area contributed by atoms with Crippen molar-refractivity contribution < 1.29 is 0 Å². The Labute approximate surface area is 138 Å². The third kappa shape index (κ3) is 4.25. The second-order valence-electron chi connectivity index (χ2n) is 5.17. The predicted octanol–water partition coefficient (Wildman–Crippen LogP) is 6.37. The second kappa shape index (κ2) is 7.86. The van der Waals surface area contributed by atoms with Gasteiger partial charge in [-0.1, -0.05) is 73.8 Å². The minimum Gasteiger partial charge on any atom is -0.0901 e. The molecule has 0 saturated carbocycles. The van der Waals surface area contributed by atoms with Crippen LogP contribution in [0.1, 0.15) is 24.1 Å². The number of rotatable bonds is 4. The lowest BCUT2D eigenvalue weighted by Crippen LogP contribution is -1.91. The van der Waals surface area contributed by atoms with Gasteiger partial charge in [0.05, 0.1) is 0 Å². The van der Waals surface area contributed by atoms with E-state index in [1.807, 2.05) is 11.8 Å². The van der Waals surface area contributed by atoms with E-state index in [1.165, 1.54) is 26.5 Å². The van der Waals surface area contributed by atoms with Crippen LogP contribution in [-0.4, -0.2) is 0 Å². The van der Waals surface area contributed by atoms with Gasteiger partial charge in [0.1, 0.15) is 0 Å². The highest BCUT2D eigenvalue weighted by Crippen LogP contribution is 2.29. The molecule has 0 bridgehead atoms. The summed E-state index contributed by atoms with van der Waals surface area (Å²) in [4.78, 5) is 2.59. The summed E-state index contributed by atoms with van der Waals surface area (Å²) in [6, 6.07) is 27.9. The fraction of sp³-hybridized carbons (Fsp3) is 0.143. The van der Waals surface area contributed by atoms with Gasteiger partial charge in [0, 0.05) is 9.79 Å². The van der Waals surface area contributed by atoms with Crippen molar-refractivity contribution in [3.8, 4) is 0 Å². The van der Waals surface area contributed by atoms with Crippen LogP contribution < -0.4 is 0 Å². The van der Waals surface area contributed by atoms with Gasteiger partial charge in [-0.2, -0.15) is 0 Å². The highest BCUT2D eigenvalue weighted by atomic mass is 32.2. The first-order valence-corrected chi connectivity index (χ1v) is 7.99. The first-order chi connectivity index (χ1) is 10.3. The van der Waals surface area contributed by atoms with Gasteiger partial charge in [-0.15, -0.1) is 0 Å². The largest absolute Gasteiger partial charge is 0.0901 e. The van der Waals surface area contributed by atoms with Crippen LogP contribution in [0.3, 0.4) is 0 Å². The Balaban J connectivity index is 0.00000176. The van der Waals surface area contributed by atoms with Gasteiger partial charge in [-0.05, 0) is 54.3 Å². The van der Waals surface area contributed by atoms with E-state index in [2.05, 4.69) is 85.8 Å². The SMILES string of the molecule is C.Cc1cc(Sc2ccccc2)ccc1Cc1ccccc1. The quantitative estimate of drug-likeness (QED) is 0.539. The Bertz CT molecular complexity index is 702. The van der Waals surface area contributed by atoms with E-state index in [9.17, 15) is 0 Å². The van der Waals surface area contributed by atoms with E-state index in [4.69, 9.17) is 0 Å². The Hall–Kier alpha value is -1.99. The van der Waals surface area contributed by atoms with Crippen LogP contribution in [0.4, 0.5) is 0 Å². The Morgan fingerprint density at radius 3 is 2.00 bits per heavy atom. The number of hydrogen-bond acceptors (Lipinski definition) is 1. The standard InChI is InChI=1S/C20H18S.CH4/c1-16-14-20(21-19-10-6-3-7-11-19)13-12-18(16)15-17-8-4-2-5-9-17;/h2-14H,15H2,1H3;1H4.